The molecule has 0 aliphatic carbocycles. The van der Waals surface area contributed by atoms with Crippen molar-refractivity contribution in [3.05, 3.63) is 65.6 Å². The fraction of sp³-hybridized carbons (Fsp3) is 0.222. The summed E-state index contributed by atoms with van der Waals surface area (Å²) in [5, 5.41) is 4.66. The Labute approximate surface area is 123 Å². The number of benzene rings is 2. The number of hydrogen-bond acceptors (Lipinski definition) is 1. The molecular weight excluding hydrogens is 263 g/mol. The van der Waals surface area contributed by atoms with Gasteiger partial charge in [-0.25, -0.2) is 4.39 Å². The fourth-order valence-corrected chi connectivity index (χ4v) is 3.30. The number of para-hydroxylation sites is 1. The average molecular weight is 280 g/mol. The van der Waals surface area contributed by atoms with Crippen LogP contribution in [0.15, 0.2) is 48.7 Å². The lowest BCUT2D eigenvalue weighted by atomic mass is 9.94. The van der Waals surface area contributed by atoms with Gasteiger partial charge in [0, 0.05) is 35.2 Å². The first kappa shape index (κ1) is 12.5. The van der Waals surface area contributed by atoms with Crippen LogP contribution in [0.3, 0.4) is 0 Å². The molecule has 3 heteroatoms. The predicted molar refractivity (Wildman–Crippen MR) is 84.3 cm³/mol. The second-order valence-electron chi connectivity index (χ2n) is 5.71. The number of hydrogen-bond donors (Lipinski definition) is 2. The number of aromatic amines is 1. The van der Waals surface area contributed by atoms with E-state index in [1.54, 1.807) is 6.07 Å². The van der Waals surface area contributed by atoms with Gasteiger partial charge in [0.15, 0.2) is 0 Å². The van der Waals surface area contributed by atoms with Crippen molar-refractivity contribution in [3.8, 4) is 0 Å². The van der Waals surface area contributed by atoms with E-state index in [0.29, 0.717) is 5.92 Å². The van der Waals surface area contributed by atoms with Gasteiger partial charge in [-0.05, 0) is 48.2 Å². The second kappa shape index (κ2) is 4.92. The summed E-state index contributed by atoms with van der Waals surface area (Å²) in [7, 11) is 0. The number of anilines is 1. The van der Waals surface area contributed by atoms with Crippen LogP contribution in [0.5, 0.6) is 0 Å². The first-order chi connectivity index (χ1) is 10.3. The summed E-state index contributed by atoms with van der Waals surface area (Å²) in [5.41, 5.74) is 4.73. The highest BCUT2D eigenvalue weighted by molar-refractivity contribution is 5.83. The molecule has 4 rings (SSSR count). The number of rotatable bonds is 3. The Hall–Kier alpha value is -2.29. The summed E-state index contributed by atoms with van der Waals surface area (Å²) in [4.78, 5) is 3.32. The van der Waals surface area contributed by atoms with Crippen molar-refractivity contribution in [1.29, 1.82) is 0 Å². The maximum absolute atomic E-state index is 13.4. The van der Waals surface area contributed by atoms with E-state index < -0.39 is 0 Å². The van der Waals surface area contributed by atoms with Gasteiger partial charge in [0.25, 0.3) is 0 Å². The molecule has 2 N–H and O–H groups in total. The minimum atomic E-state index is -0.144. The Bertz CT molecular complexity index is 791. The Kier molecular flexibility index (Phi) is 2.92. The fourth-order valence-electron chi connectivity index (χ4n) is 3.30. The van der Waals surface area contributed by atoms with Crippen LogP contribution in [-0.4, -0.2) is 11.5 Å². The Morgan fingerprint density at radius 1 is 1.14 bits per heavy atom. The van der Waals surface area contributed by atoms with Gasteiger partial charge in [0.1, 0.15) is 5.82 Å². The Morgan fingerprint density at radius 2 is 2.05 bits per heavy atom. The van der Waals surface area contributed by atoms with Crippen molar-refractivity contribution < 1.29 is 4.39 Å². The van der Waals surface area contributed by atoms with Crippen LogP contribution in [-0.2, 0) is 6.42 Å². The highest BCUT2D eigenvalue weighted by Crippen LogP contribution is 2.35. The number of H-pyrrole nitrogens is 1. The van der Waals surface area contributed by atoms with Crippen LogP contribution >= 0.6 is 0 Å². The first-order valence-corrected chi connectivity index (χ1v) is 7.39. The second-order valence-corrected chi connectivity index (χ2v) is 5.71. The molecule has 0 bridgehead atoms. The van der Waals surface area contributed by atoms with Gasteiger partial charge in [0.05, 0.1) is 0 Å². The molecule has 2 heterocycles. The molecule has 0 saturated heterocycles. The standard InChI is InChI=1S/C18H17FN2/c19-14-7-8-18-16(9-14)13(11-21-18)6-5-12-10-20-17-4-2-1-3-15(12)17/h1-4,7-10,13,20-21H,5-6,11H2. The van der Waals surface area contributed by atoms with Crippen molar-refractivity contribution in [2.75, 3.05) is 11.9 Å². The molecule has 0 spiro atoms. The van der Waals surface area contributed by atoms with E-state index in [9.17, 15) is 4.39 Å². The molecule has 1 aliphatic rings. The zero-order valence-corrected chi connectivity index (χ0v) is 11.7. The lowest BCUT2D eigenvalue weighted by molar-refractivity contribution is 0.618. The van der Waals surface area contributed by atoms with E-state index in [4.69, 9.17) is 0 Å². The van der Waals surface area contributed by atoms with Crippen molar-refractivity contribution in [2.24, 2.45) is 0 Å². The lowest BCUT2D eigenvalue weighted by Gasteiger charge is -2.09. The molecule has 3 aromatic rings. The quantitative estimate of drug-likeness (QED) is 0.729. The van der Waals surface area contributed by atoms with Crippen LogP contribution in [0, 0.1) is 5.82 Å². The molecule has 1 aromatic heterocycles. The highest BCUT2D eigenvalue weighted by Gasteiger charge is 2.22. The van der Waals surface area contributed by atoms with Crippen molar-refractivity contribution in [2.45, 2.75) is 18.8 Å². The maximum Gasteiger partial charge on any atom is 0.123 e. The van der Waals surface area contributed by atoms with Crippen LogP contribution in [0.2, 0.25) is 0 Å². The van der Waals surface area contributed by atoms with E-state index in [-0.39, 0.29) is 5.82 Å². The van der Waals surface area contributed by atoms with Gasteiger partial charge in [-0.3, -0.25) is 0 Å². The lowest BCUT2D eigenvalue weighted by Crippen LogP contribution is -2.03. The number of aryl methyl sites for hydroxylation is 1. The summed E-state index contributed by atoms with van der Waals surface area (Å²) >= 11 is 0. The third kappa shape index (κ3) is 2.19. The van der Waals surface area contributed by atoms with Gasteiger partial charge >= 0.3 is 0 Å². The minimum absolute atomic E-state index is 0.144. The third-order valence-electron chi connectivity index (χ3n) is 4.43. The highest BCUT2D eigenvalue weighted by atomic mass is 19.1. The topological polar surface area (TPSA) is 27.8 Å². The molecule has 2 nitrogen and oxygen atoms in total. The number of aromatic nitrogens is 1. The van der Waals surface area contributed by atoms with Crippen molar-refractivity contribution >= 4 is 16.6 Å². The summed E-state index contributed by atoms with van der Waals surface area (Å²) in [5.74, 6) is 0.249. The monoisotopic (exact) mass is 280 g/mol. The number of fused-ring (bicyclic) bond motifs is 2. The molecule has 0 amide bonds. The summed E-state index contributed by atoms with van der Waals surface area (Å²) in [6.07, 6.45) is 4.14. The predicted octanol–water partition coefficient (Wildman–Crippen LogP) is 4.45. The molecule has 0 saturated carbocycles. The van der Waals surface area contributed by atoms with Gasteiger partial charge in [-0.1, -0.05) is 18.2 Å². The molecule has 1 atom stereocenters. The Balaban J connectivity index is 1.55. The van der Waals surface area contributed by atoms with E-state index in [1.807, 2.05) is 12.1 Å². The number of halogens is 1. The van der Waals surface area contributed by atoms with Gasteiger partial charge < -0.3 is 10.3 Å². The van der Waals surface area contributed by atoms with Crippen LogP contribution in [0.25, 0.3) is 10.9 Å². The molecule has 0 fully saturated rings. The van der Waals surface area contributed by atoms with E-state index >= 15 is 0 Å². The largest absolute Gasteiger partial charge is 0.384 e. The van der Waals surface area contributed by atoms with Gasteiger partial charge in [-0.2, -0.15) is 0 Å². The summed E-state index contributed by atoms with van der Waals surface area (Å²) < 4.78 is 13.4. The molecule has 21 heavy (non-hydrogen) atoms. The SMILES string of the molecule is Fc1ccc2c(c1)C(CCc1c[nH]c3ccccc13)CN2. The minimum Gasteiger partial charge on any atom is -0.384 e. The van der Waals surface area contributed by atoms with E-state index in [1.165, 1.54) is 22.5 Å². The smallest absolute Gasteiger partial charge is 0.123 e. The van der Waals surface area contributed by atoms with Gasteiger partial charge in [0.2, 0.25) is 0 Å². The molecule has 106 valence electrons. The molecular formula is C18H17FN2. The molecule has 0 radical (unpaired) electrons. The summed E-state index contributed by atoms with van der Waals surface area (Å²) in [6, 6.07) is 13.4. The third-order valence-corrected chi connectivity index (χ3v) is 4.43. The molecule has 2 aromatic carbocycles. The zero-order valence-electron chi connectivity index (χ0n) is 11.7. The zero-order chi connectivity index (χ0) is 14.2. The van der Waals surface area contributed by atoms with E-state index in [2.05, 4.69) is 34.7 Å². The Morgan fingerprint density at radius 3 is 3.00 bits per heavy atom. The molecule has 1 unspecified atom stereocenters. The maximum atomic E-state index is 13.4. The van der Waals surface area contributed by atoms with Crippen molar-refractivity contribution in [3.63, 3.8) is 0 Å². The van der Waals surface area contributed by atoms with Crippen LogP contribution < -0.4 is 5.32 Å². The average Bonchev–Trinajstić information content (AvgIpc) is 3.09. The van der Waals surface area contributed by atoms with Crippen molar-refractivity contribution in [1.82, 2.24) is 4.98 Å². The van der Waals surface area contributed by atoms with Crippen LogP contribution in [0.4, 0.5) is 10.1 Å². The first-order valence-electron chi connectivity index (χ1n) is 7.39. The normalized spacial score (nSPS) is 16.9. The van der Waals surface area contributed by atoms with Crippen LogP contribution in [0.1, 0.15) is 23.5 Å². The van der Waals surface area contributed by atoms with E-state index in [0.717, 1.165) is 30.6 Å². The molecule has 1 aliphatic heterocycles. The van der Waals surface area contributed by atoms with Gasteiger partial charge in [-0.15, -0.1) is 0 Å². The number of nitrogens with one attached hydrogen (secondary N) is 2. The summed E-state index contributed by atoms with van der Waals surface area (Å²) in [6.45, 7) is 0.904.